The molecule has 1 aliphatic carbocycles. The van der Waals surface area contributed by atoms with Crippen LogP contribution in [0, 0.1) is 11.8 Å². The summed E-state index contributed by atoms with van der Waals surface area (Å²) in [5.41, 5.74) is 6.39. The second kappa shape index (κ2) is 7.66. The van der Waals surface area contributed by atoms with Crippen molar-refractivity contribution < 1.29 is 9.47 Å². The summed E-state index contributed by atoms with van der Waals surface area (Å²) in [6.07, 6.45) is 5.22. The molecule has 0 radical (unpaired) electrons. The first-order valence-electron chi connectivity index (χ1n) is 6.72. The second-order valence-electron chi connectivity index (χ2n) is 4.76. The van der Waals surface area contributed by atoms with Crippen molar-refractivity contribution in [3.05, 3.63) is 21.9 Å². The Morgan fingerprint density at radius 3 is 3.05 bits per heavy atom. The topological polar surface area (TPSA) is 44.5 Å². The number of hydrogen-bond donors (Lipinski definition) is 1. The lowest BCUT2D eigenvalue weighted by atomic mass is 9.95. The van der Waals surface area contributed by atoms with Crippen LogP contribution in [-0.4, -0.2) is 25.9 Å². The molecule has 0 spiro atoms. The monoisotopic (exact) mass is 279 g/mol. The summed E-state index contributed by atoms with van der Waals surface area (Å²) < 4.78 is 11.4. The minimum Gasteiger partial charge on any atom is -0.381 e. The van der Waals surface area contributed by atoms with Crippen LogP contribution < -0.4 is 5.73 Å². The molecule has 0 bridgehead atoms. The maximum absolute atomic E-state index is 5.98. The minimum absolute atomic E-state index is 0.333. The van der Waals surface area contributed by atoms with E-state index in [1.54, 1.807) is 18.4 Å². The van der Waals surface area contributed by atoms with Crippen molar-refractivity contribution in [1.82, 2.24) is 0 Å². The maximum atomic E-state index is 5.98. The van der Waals surface area contributed by atoms with E-state index in [1.165, 1.54) is 11.3 Å². The predicted molar refractivity (Wildman–Crippen MR) is 78.1 cm³/mol. The highest BCUT2D eigenvalue weighted by atomic mass is 32.1. The number of thiophene rings is 1. The van der Waals surface area contributed by atoms with E-state index < -0.39 is 0 Å². The molecule has 0 aliphatic heterocycles. The Morgan fingerprint density at radius 1 is 1.42 bits per heavy atom. The van der Waals surface area contributed by atoms with Gasteiger partial charge in [-0.3, -0.25) is 0 Å². The highest BCUT2D eigenvalue weighted by molar-refractivity contribution is 7.10. The third-order valence-electron chi connectivity index (χ3n) is 3.36. The fourth-order valence-corrected chi connectivity index (χ4v) is 3.08. The average molecular weight is 279 g/mol. The molecule has 1 saturated carbocycles. The molecule has 19 heavy (non-hydrogen) atoms. The van der Waals surface area contributed by atoms with E-state index in [1.807, 2.05) is 0 Å². The molecule has 1 heterocycles. The maximum Gasteiger partial charge on any atom is 0.0813 e. The predicted octanol–water partition coefficient (Wildman–Crippen LogP) is 2.53. The third-order valence-corrected chi connectivity index (χ3v) is 4.27. The Kier molecular flexibility index (Phi) is 5.87. The molecule has 2 atom stereocenters. The van der Waals surface area contributed by atoms with Crippen LogP contribution in [0.15, 0.2) is 11.4 Å². The zero-order valence-electron chi connectivity index (χ0n) is 11.4. The molecule has 1 fully saturated rings. The highest BCUT2D eigenvalue weighted by Gasteiger charge is 2.22. The highest BCUT2D eigenvalue weighted by Crippen LogP contribution is 2.25. The van der Waals surface area contributed by atoms with E-state index in [4.69, 9.17) is 15.2 Å². The normalized spacial score (nSPS) is 22.8. The molecule has 2 unspecified atom stereocenters. The molecule has 2 rings (SSSR count). The van der Waals surface area contributed by atoms with Crippen molar-refractivity contribution in [2.45, 2.75) is 44.5 Å². The van der Waals surface area contributed by atoms with Crippen molar-refractivity contribution in [3.8, 4) is 11.8 Å². The summed E-state index contributed by atoms with van der Waals surface area (Å²) >= 11 is 1.70. The SMILES string of the molecule is COC1CCCC(OCc2cc(C#CCN)cs2)C1. The van der Waals surface area contributed by atoms with Gasteiger partial charge in [0.15, 0.2) is 0 Å². The van der Waals surface area contributed by atoms with Crippen LogP contribution in [0.25, 0.3) is 0 Å². The lowest BCUT2D eigenvalue weighted by Gasteiger charge is -2.28. The van der Waals surface area contributed by atoms with Gasteiger partial charge in [0.2, 0.25) is 0 Å². The van der Waals surface area contributed by atoms with Crippen molar-refractivity contribution in [2.24, 2.45) is 5.73 Å². The van der Waals surface area contributed by atoms with Gasteiger partial charge in [-0.25, -0.2) is 0 Å². The minimum atomic E-state index is 0.333. The van der Waals surface area contributed by atoms with E-state index in [9.17, 15) is 0 Å². The van der Waals surface area contributed by atoms with E-state index in [2.05, 4.69) is 23.3 Å². The van der Waals surface area contributed by atoms with Crippen molar-refractivity contribution >= 4 is 11.3 Å². The third kappa shape index (κ3) is 4.63. The molecule has 1 aliphatic rings. The molecule has 104 valence electrons. The lowest BCUT2D eigenvalue weighted by molar-refractivity contribution is -0.0356. The Labute approximate surface area is 119 Å². The first kappa shape index (κ1) is 14.5. The second-order valence-corrected chi connectivity index (χ2v) is 5.76. The van der Waals surface area contributed by atoms with E-state index in [0.717, 1.165) is 24.8 Å². The van der Waals surface area contributed by atoms with Crippen LogP contribution in [0.5, 0.6) is 0 Å². The molecule has 2 N–H and O–H groups in total. The fraction of sp³-hybridized carbons (Fsp3) is 0.600. The number of hydrogen-bond acceptors (Lipinski definition) is 4. The van der Waals surface area contributed by atoms with Gasteiger partial charge in [0.05, 0.1) is 25.4 Å². The van der Waals surface area contributed by atoms with Gasteiger partial charge in [-0.05, 0) is 31.7 Å². The number of rotatable bonds is 4. The zero-order valence-corrected chi connectivity index (χ0v) is 12.2. The van der Waals surface area contributed by atoms with Crippen LogP contribution in [-0.2, 0) is 16.1 Å². The average Bonchev–Trinajstić information content (AvgIpc) is 2.91. The quantitative estimate of drug-likeness (QED) is 0.861. The van der Waals surface area contributed by atoms with Crippen molar-refractivity contribution in [2.75, 3.05) is 13.7 Å². The Bertz CT molecular complexity index is 446. The molecular weight excluding hydrogens is 258 g/mol. The molecule has 1 aromatic rings. The Balaban J connectivity index is 1.80. The van der Waals surface area contributed by atoms with Crippen molar-refractivity contribution in [3.63, 3.8) is 0 Å². The van der Waals surface area contributed by atoms with Gasteiger partial charge >= 0.3 is 0 Å². The number of nitrogens with two attached hydrogens (primary N) is 1. The molecule has 0 saturated heterocycles. The first-order valence-corrected chi connectivity index (χ1v) is 7.60. The van der Waals surface area contributed by atoms with Gasteiger partial charge in [-0.15, -0.1) is 11.3 Å². The van der Waals surface area contributed by atoms with Crippen LogP contribution >= 0.6 is 11.3 Å². The summed E-state index contributed by atoms with van der Waals surface area (Å²) in [6, 6.07) is 2.09. The van der Waals surface area contributed by atoms with E-state index >= 15 is 0 Å². The Morgan fingerprint density at radius 2 is 2.26 bits per heavy atom. The van der Waals surface area contributed by atoms with Crippen molar-refractivity contribution in [1.29, 1.82) is 0 Å². The number of methoxy groups -OCH3 is 1. The molecule has 0 amide bonds. The smallest absolute Gasteiger partial charge is 0.0813 e. The summed E-state index contributed by atoms with van der Waals surface area (Å²) in [7, 11) is 1.79. The van der Waals surface area contributed by atoms with Gasteiger partial charge in [0.25, 0.3) is 0 Å². The fourth-order valence-electron chi connectivity index (χ4n) is 2.34. The largest absolute Gasteiger partial charge is 0.381 e. The molecule has 0 aromatic carbocycles. The summed E-state index contributed by atoms with van der Waals surface area (Å²) in [6.45, 7) is 1.08. The van der Waals surface area contributed by atoms with Gasteiger partial charge in [0.1, 0.15) is 0 Å². The molecular formula is C15H21NO2S. The molecule has 1 aromatic heterocycles. The summed E-state index contributed by atoms with van der Waals surface area (Å²) in [5, 5.41) is 2.06. The van der Waals surface area contributed by atoms with Gasteiger partial charge in [-0.1, -0.05) is 11.8 Å². The van der Waals surface area contributed by atoms with Crippen LogP contribution in [0.2, 0.25) is 0 Å². The summed E-state index contributed by atoms with van der Waals surface area (Å²) in [5.74, 6) is 5.90. The number of ether oxygens (including phenoxy) is 2. The Hall–Kier alpha value is -0.860. The van der Waals surface area contributed by atoms with Gasteiger partial charge < -0.3 is 15.2 Å². The lowest BCUT2D eigenvalue weighted by Crippen LogP contribution is -2.27. The first-order chi connectivity index (χ1) is 9.31. The van der Waals surface area contributed by atoms with Gasteiger partial charge in [-0.2, -0.15) is 0 Å². The van der Waals surface area contributed by atoms with Crippen LogP contribution in [0.3, 0.4) is 0 Å². The van der Waals surface area contributed by atoms with Crippen LogP contribution in [0.1, 0.15) is 36.1 Å². The van der Waals surface area contributed by atoms with Crippen LogP contribution in [0.4, 0.5) is 0 Å². The molecule has 3 nitrogen and oxygen atoms in total. The standard InChI is InChI=1S/C15H21NO2S/c1-17-13-5-2-6-14(9-13)18-10-15-8-12(11-19-15)4-3-7-16/h8,11,13-14H,2,5-7,9-10,16H2,1H3. The van der Waals surface area contributed by atoms with Gasteiger partial charge in [0, 0.05) is 22.9 Å². The molecule has 4 heteroatoms. The summed E-state index contributed by atoms with van der Waals surface area (Å²) in [4.78, 5) is 1.22. The van der Waals surface area contributed by atoms with E-state index in [0.29, 0.717) is 25.4 Å². The van der Waals surface area contributed by atoms with E-state index in [-0.39, 0.29) is 0 Å². The zero-order chi connectivity index (χ0) is 13.5.